The van der Waals surface area contributed by atoms with Crippen LogP contribution < -0.4 is 10.5 Å². The van der Waals surface area contributed by atoms with Crippen molar-refractivity contribution in [2.75, 3.05) is 7.05 Å². The highest BCUT2D eigenvalue weighted by atomic mass is 32.1. The predicted molar refractivity (Wildman–Crippen MR) is 119 cm³/mol. The van der Waals surface area contributed by atoms with E-state index in [1.165, 1.54) is 20.9 Å². The third kappa shape index (κ3) is 3.68. The molecule has 1 aromatic carbocycles. The van der Waals surface area contributed by atoms with E-state index < -0.39 is 0 Å². The number of thiophene rings is 2. The van der Waals surface area contributed by atoms with Crippen LogP contribution in [0, 0.1) is 20.8 Å². The molecule has 0 aliphatic rings. The quantitative estimate of drug-likeness (QED) is 0.525. The fraction of sp³-hybridized carbons (Fsp3) is 0.273. The molecule has 3 aromatic heterocycles. The van der Waals surface area contributed by atoms with Gasteiger partial charge < -0.3 is 9.88 Å². The molecule has 0 saturated heterocycles. The Labute approximate surface area is 172 Å². The molecule has 4 rings (SSSR count). The first-order valence-electron chi connectivity index (χ1n) is 9.36. The van der Waals surface area contributed by atoms with Gasteiger partial charge in [0, 0.05) is 10.4 Å². The van der Waals surface area contributed by atoms with Crippen molar-refractivity contribution in [3.8, 4) is 11.1 Å². The minimum atomic E-state index is -0.0416. The largest absolute Gasteiger partial charge is 0.327 e. The number of fused-ring (bicyclic) bond motifs is 1. The third-order valence-corrected chi connectivity index (χ3v) is 7.05. The van der Waals surface area contributed by atoms with Crippen molar-refractivity contribution < 1.29 is 4.90 Å². The SMILES string of the molecule is Cc1ccc(-c2c(C)sc3nc(C[NH+](C)Cc4sccc4C)[nH]c(=O)c23)cc1. The van der Waals surface area contributed by atoms with E-state index in [0.717, 1.165) is 33.2 Å². The van der Waals surface area contributed by atoms with E-state index >= 15 is 0 Å². The van der Waals surface area contributed by atoms with Crippen molar-refractivity contribution in [2.24, 2.45) is 0 Å². The molecule has 0 radical (unpaired) electrons. The molecule has 0 aliphatic heterocycles. The van der Waals surface area contributed by atoms with Crippen molar-refractivity contribution in [2.45, 2.75) is 33.9 Å². The van der Waals surface area contributed by atoms with Gasteiger partial charge in [0.25, 0.3) is 5.56 Å². The molecule has 4 nitrogen and oxygen atoms in total. The van der Waals surface area contributed by atoms with Gasteiger partial charge >= 0.3 is 0 Å². The minimum absolute atomic E-state index is 0.0416. The average Bonchev–Trinajstić information content (AvgIpc) is 3.18. The lowest BCUT2D eigenvalue weighted by atomic mass is 10.0. The van der Waals surface area contributed by atoms with Crippen LogP contribution in [-0.2, 0) is 13.1 Å². The number of aryl methyl sites for hydroxylation is 3. The smallest absolute Gasteiger partial charge is 0.260 e. The Balaban J connectivity index is 1.67. The summed E-state index contributed by atoms with van der Waals surface area (Å²) in [4.78, 5) is 25.4. The van der Waals surface area contributed by atoms with Gasteiger partial charge in [-0.05, 0) is 43.3 Å². The fourth-order valence-electron chi connectivity index (χ4n) is 3.52. The summed E-state index contributed by atoms with van der Waals surface area (Å²) in [5.74, 6) is 0.751. The maximum atomic E-state index is 12.9. The van der Waals surface area contributed by atoms with Crippen molar-refractivity contribution in [1.82, 2.24) is 9.97 Å². The highest BCUT2D eigenvalue weighted by Crippen LogP contribution is 2.35. The second kappa shape index (κ2) is 7.62. The van der Waals surface area contributed by atoms with Crippen LogP contribution >= 0.6 is 22.7 Å². The van der Waals surface area contributed by atoms with E-state index in [4.69, 9.17) is 4.98 Å². The Bertz CT molecular complexity index is 1180. The zero-order valence-electron chi connectivity index (χ0n) is 16.6. The van der Waals surface area contributed by atoms with E-state index in [1.807, 2.05) is 0 Å². The maximum absolute atomic E-state index is 12.9. The summed E-state index contributed by atoms with van der Waals surface area (Å²) in [6.45, 7) is 7.91. The lowest BCUT2D eigenvalue weighted by molar-refractivity contribution is -0.908. The van der Waals surface area contributed by atoms with Gasteiger partial charge in [-0.2, -0.15) is 0 Å². The van der Waals surface area contributed by atoms with Crippen LogP contribution in [0.25, 0.3) is 21.3 Å². The lowest BCUT2D eigenvalue weighted by Crippen LogP contribution is -3.06. The van der Waals surface area contributed by atoms with Crippen molar-refractivity contribution in [1.29, 1.82) is 0 Å². The number of aromatic nitrogens is 2. The van der Waals surface area contributed by atoms with Gasteiger partial charge in [-0.15, -0.1) is 22.7 Å². The Morgan fingerprint density at radius 1 is 1.07 bits per heavy atom. The molecule has 0 saturated carbocycles. The van der Waals surface area contributed by atoms with Crippen LogP contribution in [0.1, 0.15) is 26.7 Å². The van der Waals surface area contributed by atoms with Crippen LogP contribution in [0.3, 0.4) is 0 Å². The monoisotopic (exact) mass is 410 g/mol. The van der Waals surface area contributed by atoms with E-state index in [9.17, 15) is 4.79 Å². The molecular formula is C22H24N3OS2+. The number of nitrogens with zero attached hydrogens (tertiary/aromatic N) is 1. The molecule has 6 heteroatoms. The van der Waals surface area contributed by atoms with Gasteiger partial charge in [-0.25, -0.2) is 4.98 Å². The van der Waals surface area contributed by atoms with Crippen molar-refractivity contribution in [3.05, 3.63) is 72.8 Å². The number of hydrogen-bond donors (Lipinski definition) is 2. The fourth-order valence-corrected chi connectivity index (χ4v) is 5.61. The van der Waals surface area contributed by atoms with Gasteiger partial charge in [0.05, 0.1) is 17.3 Å². The van der Waals surface area contributed by atoms with Gasteiger partial charge in [0.1, 0.15) is 17.9 Å². The first-order chi connectivity index (χ1) is 13.4. The third-order valence-electron chi connectivity index (χ3n) is 5.03. The Hall–Kier alpha value is -2.28. The van der Waals surface area contributed by atoms with Gasteiger partial charge in [-0.1, -0.05) is 29.8 Å². The summed E-state index contributed by atoms with van der Waals surface area (Å²) in [7, 11) is 2.14. The molecular weight excluding hydrogens is 386 g/mol. The van der Waals surface area contributed by atoms with Crippen LogP contribution in [0.4, 0.5) is 0 Å². The van der Waals surface area contributed by atoms with E-state index in [2.05, 4.69) is 68.5 Å². The number of hydrogen-bond acceptors (Lipinski definition) is 4. The van der Waals surface area contributed by atoms with Crippen molar-refractivity contribution >= 4 is 32.9 Å². The molecule has 28 heavy (non-hydrogen) atoms. The Morgan fingerprint density at radius 3 is 2.50 bits per heavy atom. The molecule has 3 heterocycles. The number of H-pyrrole nitrogens is 1. The summed E-state index contributed by atoms with van der Waals surface area (Å²) >= 11 is 3.39. The van der Waals surface area contributed by atoms with Crippen LogP contribution in [-0.4, -0.2) is 17.0 Å². The summed E-state index contributed by atoms with van der Waals surface area (Å²) < 4.78 is 0. The molecule has 0 spiro atoms. The minimum Gasteiger partial charge on any atom is -0.327 e. The summed E-state index contributed by atoms with van der Waals surface area (Å²) in [5, 5.41) is 2.84. The van der Waals surface area contributed by atoms with Gasteiger partial charge in [0.15, 0.2) is 5.82 Å². The number of rotatable bonds is 5. The molecule has 4 aromatic rings. The van der Waals surface area contributed by atoms with Crippen LogP contribution in [0.15, 0.2) is 40.5 Å². The molecule has 0 fully saturated rings. The zero-order valence-corrected chi connectivity index (χ0v) is 18.2. The van der Waals surface area contributed by atoms with Crippen LogP contribution in [0.2, 0.25) is 0 Å². The second-order valence-electron chi connectivity index (χ2n) is 7.43. The van der Waals surface area contributed by atoms with Crippen LogP contribution in [0.5, 0.6) is 0 Å². The number of aromatic amines is 1. The number of quaternary nitrogens is 1. The molecule has 2 N–H and O–H groups in total. The van der Waals surface area contributed by atoms with Gasteiger partial charge in [0.2, 0.25) is 0 Å². The van der Waals surface area contributed by atoms with Crippen molar-refractivity contribution in [3.63, 3.8) is 0 Å². The second-order valence-corrected chi connectivity index (χ2v) is 9.63. The zero-order chi connectivity index (χ0) is 19.8. The number of benzene rings is 1. The molecule has 1 unspecified atom stereocenters. The molecule has 144 valence electrons. The van der Waals surface area contributed by atoms with E-state index in [1.54, 1.807) is 22.7 Å². The van der Waals surface area contributed by atoms with E-state index in [0.29, 0.717) is 11.9 Å². The van der Waals surface area contributed by atoms with Gasteiger partial charge in [-0.3, -0.25) is 4.79 Å². The number of nitrogens with one attached hydrogen (secondary N) is 2. The molecule has 0 amide bonds. The topological polar surface area (TPSA) is 50.2 Å². The maximum Gasteiger partial charge on any atom is 0.260 e. The highest BCUT2D eigenvalue weighted by Gasteiger charge is 2.18. The Kier molecular flexibility index (Phi) is 5.19. The molecule has 0 aliphatic carbocycles. The lowest BCUT2D eigenvalue weighted by Gasteiger charge is -2.13. The average molecular weight is 411 g/mol. The molecule has 1 atom stereocenters. The normalized spacial score (nSPS) is 12.6. The highest BCUT2D eigenvalue weighted by molar-refractivity contribution is 7.19. The predicted octanol–water partition coefficient (Wildman–Crippen LogP) is 3.85. The first kappa shape index (κ1) is 19.1. The summed E-state index contributed by atoms with van der Waals surface area (Å²) in [6, 6.07) is 10.5. The molecule has 0 bridgehead atoms. The Morgan fingerprint density at radius 2 is 1.82 bits per heavy atom. The summed E-state index contributed by atoms with van der Waals surface area (Å²) in [6.07, 6.45) is 0. The standard InChI is InChI=1S/C22H23N3OS2/c1-13-5-7-16(8-6-13)19-15(3)28-22-20(19)21(26)23-18(24-22)12-25(4)11-17-14(2)9-10-27-17/h5-10H,11-12H2,1-4H3,(H,23,24,26)/p+1. The first-order valence-corrected chi connectivity index (χ1v) is 11.1. The summed E-state index contributed by atoms with van der Waals surface area (Å²) in [5.41, 5.74) is 4.58. The van der Waals surface area contributed by atoms with E-state index in [-0.39, 0.29) is 5.56 Å².